The molecule has 0 saturated carbocycles. The minimum Gasteiger partial charge on any atom is -0.457 e. The molecule has 1 aromatic carbocycles. The third-order valence-electron chi connectivity index (χ3n) is 3.65. The van der Waals surface area contributed by atoms with E-state index in [4.69, 9.17) is 9.47 Å². The molecule has 0 bridgehead atoms. The summed E-state index contributed by atoms with van der Waals surface area (Å²) in [6, 6.07) is 10.9. The predicted molar refractivity (Wildman–Crippen MR) is 69.6 cm³/mol. The second-order valence-electron chi connectivity index (χ2n) is 5.01. The van der Waals surface area contributed by atoms with Gasteiger partial charge in [0, 0.05) is 19.0 Å². The van der Waals surface area contributed by atoms with Crippen molar-refractivity contribution in [1.29, 1.82) is 0 Å². The van der Waals surface area contributed by atoms with Crippen molar-refractivity contribution in [2.45, 2.75) is 38.5 Å². The first-order valence-electron chi connectivity index (χ1n) is 6.66. The average molecular weight is 245 g/mol. The van der Waals surface area contributed by atoms with Crippen LogP contribution in [0.1, 0.15) is 25.3 Å². The van der Waals surface area contributed by atoms with Crippen LogP contribution in [0.25, 0.3) is 0 Å². The molecule has 2 atom stereocenters. The Labute approximate surface area is 108 Å². The van der Waals surface area contributed by atoms with E-state index in [1.807, 2.05) is 18.2 Å². The van der Waals surface area contributed by atoms with Gasteiger partial charge in [-0.05, 0) is 25.3 Å². The molecule has 2 aliphatic heterocycles. The molecule has 1 fully saturated rings. The fraction of sp³-hybridized carbons (Fsp3) is 0.467. The second-order valence-corrected chi connectivity index (χ2v) is 5.01. The summed E-state index contributed by atoms with van der Waals surface area (Å²) in [7, 11) is 0. The molecule has 1 aromatic rings. The van der Waals surface area contributed by atoms with Gasteiger partial charge in [-0.3, -0.25) is 0 Å². The third-order valence-corrected chi connectivity index (χ3v) is 3.65. The maximum Gasteiger partial charge on any atom is 0.246 e. The van der Waals surface area contributed by atoms with E-state index in [2.05, 4.69) is 24.0 Å². The normalized spacial score (nSPS) is 26.7. The lowest BCUT2D eigenvalue weighted by Gasteiger charge is -2.23. The minimum atomic E-state index is -0.171. The van der Waals surface area contributed by atoms with Crippen LogP contribution in [0, 0.1) is 0 Å². The van der Waals surface area contributed by atoms with Crippen LogP contribution in [0.4, 0.5) is 0 Å². The molecule has 96 valence electrons. The molecule has 0 amide bonds. The van der Waals surface area contributed by atoms with Crippen molar-refractivity contribution in [2.24, 2.45) is 0 Å². The van der Waals surface area contributed by atoms with Crippen LogP contribution in [0.5, 0.6) is 0 Å². The first kappa shape index (κ1) is 11.5. The van der Waals surface area contributed by atoms with Gasteiger partial charge < -0.3 is 14.4 Å². The highest BCUT2D eigenvalue weighted by atomic mass is 16.7. The van der Waals surface area contributed by atoms with Crippen LogP contribution >= 0.6 is 0 Å². The van der Waals surface area contributed by atoms with Gasteiger partial charge in [0.15, 0.2) is 0 Å². The Kier molecular flexibility index (Phi) is 3.13. The van der Waals surface area contributed by atoms with Gasteiger partial charge >= 0.3 is 0 Å². The monoisotopic (exact) mass is 245 g/mol. The molecular formula is C15H19NO2. The molecule has 2 unspecified atom stereocenters. The maximum absolute atomic E-state index is 5.88. The fourth-order valence-corrected chi connectivity index (χ4v) is 2.62. The first-order chi connectivity index (χ1) is 8.83. The van der Waals surface area contributed by atoms with Gasteiger partial charge in [-0.1, -0.05) is 30.3 Å². The number of hydrogen-bond acceptors (Lipinski definition) is 3. The summed E-state index contributed by atoms with van der Waals surface area (Å²) in [6.45, 7) is 3.32. The van der Waals surface area contributed by atoms with E-state index in [1.165, 1.54) is 18.4 Å². The molecule has 3 heteroatoms. The smallest absolute Gasteiger partial charge is 0.246 e. The van der Waals surface area contributed by atoms with Crippen molar-refractivity contribution >= 4 is 0 Å². The number of nitrogens with zero attached hydrogens (tertiary/aromatic N) is 1. The largest absolute Gasteiger partial charge is 0.457 e. The zero-order valence-electron chi connectivity index (χ0n) is 10.7. The van der Waals surface area contributed by atoms with Crippen LogP contribution in [-0.4, -0.2) is 23.8 Å². The molecule has 3 nitrogen and oxygen atoms in total. The quantitative estimate of drug-likeness (QED) is 0.817. The van der Waals surface area contributed by atoms with Gasteiger partial charge in [0.05, 0.1) is 0 Å². The summed E-state index contributed by atoms with van der Waals surface area (Å²) >= 11 is 0. The zero-order valence-corrected chi connectivity index (χ0v) is 10.7. The van der Waals surface area contributed by atoms with Crippen molar-refractivity contribution in [3.8, 4) is 0 Å². The topological polar surface area (TPSA) is 21.7 Å². The molecule has 0 aromatic heterocycles. The summed E-state index contributed by atoms with van der Waals surface area (Å²) < 4.78 is 11.5. The second kappa shape index (κ2) is 4.92. The molecule has 0 radical (unpaired) electrons. The molecule has 3 rings (SSSR count). The van der Waals surface area contributed by atoms with Gasteiger partial charge in [0.1, 0.15) is 6.26 Å². The lowest BCUT2D eigenvalue weighted by atomic mass is 10.1. The Morgan fingerprint density at radius 3 is 2.83 bits per heavy atom. The average Bonchev–Trinajstić information content (AvgIpc) is 2.99. The van der Waals surface area contributed by atoms with Gasteiger partial charge in [0.2, 0.25) is 12.2 Å². The maximum atomic E-state index is 5.88. The predicted octanol–water partition coefficient (Wildman–Crippen LogP) is 2.89. The Morgan fingerprint density at radius 2 is 2.11 bits per heavy atom. The van der Waals surface area contributed by atoms with E-state index in [9.17, 15) is 0 Å². The van der Waals surface area contributed by atoms with Gasteiger partial charge in [0.25, 0.3) is 0 Å². The minimum absolute atomic E-state index is 0.171. The molecule has 18 heavy (non-hydrogen) atoms. The molecule has 0 N–H and O–H groups in total. The number of likely N-dealkylation sites (tertiary alicyclic amines) is 1. The summed E-state index contributed by atoms with van der Waals surface area (Å²) in [4.78, 5) is 2.30. The van der Waals surface area contributed by atoms with Crippen LogP contribution < -0.4 is 0 Å². The molecule has 2 aliphatic rings. The summed E-state index contributed by atoms with van der Waals surface area (Å²) in [6.07, 6.45) is 4.88. The number of rotatable bonds is 3. The van der Waals surface area contributed by atoms with Crippen LogP contribution in [0.3, 0.4) is 0 Å². The highest BCUT2D eigenvalue weighted by Gasteiger charge is 2.29. The highest BCUT2D eigenvalue weighted by molar-refractivity contribution is 5.15. The van der Waals surface area contributed by atoms with Crippen molar-refractivity contribution in [3.05, 3.63) is 48.0 Å². The fourth-order valence-electron chi connectivity index (χ4n) is 2.62. The summed E-state index contributed by atoms with van der Waals surface area (Å²) in [5, 5.41) is 0. The lowest BCUT2D eigenvalue weighted by Crippen LogP contribution is -2.27. The Hall–Kier alpha value is -1.64. The van der Waals surface area contributed by atoms with Gasteiger partial charge in [-0.25, -0.2) is 0 Å². The summed E-state index contributed by atoms with van der Waals surface area (Å²) in [5.41, 5.74) is 1.24. The third kappa shape index (κ3) is 2.30. The van der Waals surface area contributed by atoms with Crippen molar-refractivity contribution in [3.63, 3.8) is 0 Å². The van der Waals surface area contributed by atoms with Crippen LogP contribution in [-0.2, 0) is 15.9 Å². The molecular weight excluding hydrogens is 226 g/mol. The van der Waals surface area contributed by atoms with Crippen LogP contribution in [0.15, 0.2) is 42.5 Å². The number of benzene rings is 1. The summed E-state index contributed by atoms with van der Waals surface area (Å²) in [5.74, 6) is 0.904. The number of ether oxygens (including phenoxy) is 2. The van der Waals surface area contributed by atoms with Crippen molar-refractivity contribution < 1.29 is 9.47 Å². The Morgan fingerprint density at radius 1 is 1.28 bits per heavy atom. The number of hydrogen-bond donors (Lipinski definition) is 0. The van der Waals surface area contributed by atoms with Gasteiger partial charge in [-0.2, -0.15) is 0 Å². The van der Waals surface area contributed by atoms with E-state index in [-0.39, 0.29) is 6.29 Å². The van der Waals surface area contributed by atoms with Crippen LogP contribution in [0.2, 0.25) is 0 Å². The molecule has 0 spiro atoms. The Bertz CT molecular complexity index is 429. The van der Waals surface area contributed by atoms with Crippen molar-refractivity contribution in [2.75, 3.05) is 6.54 Å². The van der Waals surface area contributed by atoms with E-state index in [0.29, 0.717) is 6.04 Å². The van der Waals surface area contributed by atoms with E-state index < -0.39 is 0 Å². The van der Waals surface area contributed by atoms with E-state index in [1.54, 1.807) is 6.26 Å². The van der Waals surface area contributed by atoms with E-state index in [0.717, 1.165) is 18.8 Å². The lowest BCUT2D eigenvalue weighted by molar-refractivity contribution is -0.0488. The highest BCUT2D eigenvalue weighted by Crippen LogP contribution is 2.27. The van der Waals surface area contributed by atoms with E-state index >= 15 is 0 Å². The zero-order chi connectivity index (χ0) is 12.4. The Balaban J connectivity index is 1.58. The molecule has 0 aliphatic carbocycles. The first-order valence-corrected chi connectivity index (χ1v) is 6.66. The molecule has 1 saturated heterocycles. The standard InChI is InChI=1S/C15H19NO2/c1-12-6-5-9-16(12)14-11-17-15(18-14)10-13-7-3-2-4-8-13/h2-4,7-8,11-12,15H,5-6,9-10H2,1H3. The van der Waals surface area contributed by atoms with Crippen molar-refractivity contribution in [1.82, 2.24) is 4.90 Å². The van der Waals surface area contributed by atoms with Gasteiger partial charge in [-0.15, -0.1) is 0 Å². The SMILES string of the molecule is CC1CCCN1C1=COC(Cc2ccccc2)O1. The molecule has 2 heterocycles.